The van der Waals surface area contributed by atoms with Crippen LogP contribution in [0.5, 0.6) is 0 Å². The molecule has 2 atom stereocenters. The highest BCUT2D eigenvalue weighted by Crippen LogP contribution is 2.39. The normalized spacial score (nSPS) is 25.0. The Morgan fingerprint density at radius 2 is 2.25 bits per heavy atom. The minimum atomic E-state index is 0.412. The van der Waals surface area contributed by atoms with Crippen molar-refractivity contribution in [2.75, 3.05) is 7.05 Å². The monoisotopic (exact) mass is 319 g/mol. The van der Waals surface area contributed by atoms with Crippen LogP contribution in [-0.2, 0) is 5.75 Å². The SMILES string of the molecule is CNC1CC(C)SCc2c(Cl)cc(Br)cc21. The number of benzene rings is 1. The van der Waals surface area contributed by atoms with E-state index in [2.05, 4.69) is 34.2 Å². The van der Waals surface area contributed by atoms with Crippen molar-refractivity contribution in [2.45, 2.75) is 30.4 Å². The summed E-state index contributed by atoms with van der Waals surface area (Å²) < 4.78 is 1.07. The third-order valence-corrected chi connectivity index (χ3v) is 5.01. The van der Waals surface area contributed by atoms with Crippen molar-refractivity contribution in [1.82, 2.24) is 5.32 Å². The molecule has 0 radical (unpaired) electrons. The first kappa shape index (κ1) is 12.7. The maximum atomic E-state index is 6.32. The number of rotatable bonds is 1. The Labute approximate surface area is 114 Å². The molecular formula is C12H15BrClNS. The molecule has 0 saturated heterocycles. The number of halogens is 2. The Kier molecular flexibility index (Phi) is 4.22. The predicted octanol–water partition coefficient (Wildman–Crippen LogP) is 4.39. The Bertz CT molecular complexity index is 397. The van der Waals surface area contributed by atoms with Crippen molar-refractivity contribution in [3.8, 4) is 0 Å². The lowest BCUT2D eigenvalue weighted by Gasteiger charge is -2.19. The van der Waals surface area contributed by atoms with Gasteiger partial charge < -0.3 is 5.32 Å². The lowest BCUT2D eigenvalue weighted by atomic mass is 9.98. The van der Waals surface area contributed by atoms with E-state index >= 15 is 0 Å². The molecule has 0 spiro atoms. The van der Waals surface area contributed by atoms with Gasteiger partial charge in [-0.3, -0.25) is 0 Å². The second kappa shape index (κ2) is 5.30. The van der Waals surface area contributed by atoms with Crippen LogP contribution in [0.1, 0.15) is 30.5 Å². The molecular weight excluding hydrogens is 306 g/mol. The molecule has 0 fully saturated rings. The third-order valence-electron chi connectivity index (χ3n) is 3.00. The van der Waals surface area contributed by atoms with E-state index in [-0.39, 0.29) is 0 Å². The Hall–Kier alpha value is 0.300. The van der Waals surface area contributed by atoms with Gasteiger partial charge in [0.05, 0.1) is 0 Å². The molecule has 1 N–H and O–H groups in total. The number of thioether (sulfide) groups is 1. The highest BCUT2D eigenvalue weighted by atomic mass is 79.9. The first-order valence-electron chi connectivity index (χ1n) is 5.38. The average molecular weight is 321 g/mol. The van der Waals surface area contributed by atoms with E-state index in [1.807, 2.05) is 24.9 Å². The van der Waals surface area contributed by atoms with E-state index in [0.29, 0.717) is 11.3 Å². The topological polar surface area (TPSA) is 12.0 Å². The molecule has 2 unspecified atom stereocenters. The molecule has 1 aromatic rings. The zero-order chi connectivity index (χ0) is 11.7. The zero-order valence-corrected chi connectivity index (χ0v) is 12.5. The van der Waals surface area contributed by atoms with Gasteiger partial charge in [-0.1, -0.05) is 34.5 Å². The molecule has 1 aliphatic heterocycles. The fourth-order valence-corrected chi connectivity index (χ4v) is 4.19. The molecule has 0 bridgehead atoms. The fraction of sp³-hybridized carbons (Fsp3) is 0.500. The number of hydrogen-bond donors (Lipinski definition) is 1. The number of nitrogens with one attached hydrogen (secondary N) is 1. The molecule has 16 heavy (non-hydrogen) atoms. The summed E-state index contributed by atoms with van der Waals surface area (Å²) in [4.78, 5) is 0. The van der Waals surface area contributed by atoms with E-state index in [0.717, 1.165) is 21.7 Å². The van der Waals surface area contributed by atoms with Gasteiger partial charge in [-0.05, 0) is 36.7 Å². The summed E-state index contributed by atoms with van der Waals surface area (Å²) in [6.07, 6.45) is 1.15. The van der Waals surface area contributed by atoms with Crippen LogP contribution in [-0.4, -0.2) is 12.3 Å². The summed E-state index contributed by atoms with van der Waals surface area (Å²) in [5.41, 5.74) is 2.64. The van der Waals surface area contributed by atoms with Gasteiger partial charge in [0.1, 0.15) is 0 Å². The number of hydrogen-bond acceptors (Lipinski definition) is 2. The molecule has 1 heterocycles. The molecule has 1 aliphatic rings. The van der Waals surface area contributed by atoms with Crippen LogP contribution in [0.3, 0.4) is 0 Å². The van der Waals surface area contributed by atoms with E-state index in [9.17, 15) is 0 Å². The van der Waals surface area contributed by atoms with Crippen LogP contribution in [0.4, 0.5) is 0 Å². The van der Waals surface area contributed by atoms with Gasteiger partial charge in [0, 0.05) is 26.5 Å². The van der Waals surface area contributed by atoms with Crippen LogP contribution in [0.15, 0.2) is 16.6 Å². The van der Waals surface area contributed by atoms with Crippen molar-refractivity contribution in [3.05, 3.63) is 32.8 Å². The molecule has 88 valence electrons. The van der Waals surface area contributed by atoms with E-state index in [1.54, 1.807) is 0 Å². The molecule has 0 aromatic heterocycles. The Morgan fingerprint density at radius 3 is 2.94 bits per heavy atom. The van der Waals surface area contributed by atoms with Crippen molar-refractivity contribution in [1.29, 1.82) is 0 Å². The van der Waals surface area contributed by atoms with E-state index in [4.69, 9.17) is 11.6 Å². The second-order valence-electron chi connectivity index (χ2n) is 4.15. The molecule has 2 rings (SSSR count). The molecule has 0 saturated carbocycles. The largest absolute Gasteiger partial charge is 0.313 e. The van der Waals surface area contributed by atoms with Gasteiger partial charge >= 0.3 is 0 Å². The summed E-state index contributed by atoms with van der Waals surface area (Å²) in [7, 11) is 2.02. The molecule has 0 amide bonds. The van der Waals surface area contributed by atoms with Gasteiger partial charge in [0.2, 0.25) is 0 Å². The molecule has 1 nitrogen and oxygen atoms in total. The maximum Gasteiger partial charge on any atom is 0.0460 e. The van der Waals surface area contributed by atoms with Crippen molar-refractivity contribution >= 4 is 39.3 Å². The fourth-order valence-electron chi connectivity index (χ4n) is 2.11. The second-order valence-corrected chi connectivity index (χ2v) is 6.90. The van der Waals surface area contributed by atoms with Crippen molar-refractivity contribution < 1.29 is 0 Å². The average Bonchev–Trinajstić information content (AvgIpc) is 2.38. The third kappa shape index (κ3) is 2.58. The first-order valence-corrected chi connectivity index (χ1v) is 7.60. The van der Waals surface area contributed by atoms with Crippen molar-refractivity contribution in [3.63, 3.8) is 0 Å². The predicted molar refractivity (Wildman–Crippen MR) is 76.3 cm³/mol. The molecule has 1 aromatic carbocycles. The molecule has 0 aliphatic carbocycles. The maximum absolute atomic E-state index is 6.32. The quantitative estimate of drug-likeness (QED) is 0.823. The number of fused-ring (bicyclic) bond motifs is 1. The van der Waals surface area contributed by atoms with Gasteiger partial charge in [-0.15, -0.1) is 0 Å². The summed E-state index contributed by atoms with van der Waals surface area (Å²) in [6, 6.07) is 4.60. The van der Waals surface area contributed by atoms with Crippen LogP contribution < -0.4 is 5.32 Å². The summed E-state index contributed by atoms with van der Waals surface area (Å²) in [6.45, 7) is 2.28. The summed E-state index contributed by atoms with van der Waals surface area (Å²) >= 11 is 11.8. The lowest BCUT2D eigenvalue weighted by Crippen LogP contribution is -2.19. The lowest BCUT2D eigenvalue weighted by molar-refractivity contribution is 0.549. The van der Waals surface area contributed by atoms with Gasteiger partial charge in [-0.25, -0.2) is 0 Å². The van der Waals surface area contributed by atoms with Crippen molar-refractivity contribution in [2.24, 2.45) is 0 Å². The highest BCUT2D eigenvalue weighted by Gasteiger charge is 2.23. The van der Waals surface area contributed by atoms with Gasteiger partial charge in [0.15, 0.2) is 0 Å². The van der Waals surface area contributed by atoms with Gasteiger partial charge in [-0.2, -0.15) is 11.8 Å². The highest BCUT2D eigenvalue weighted by molar-refractivity contribution is 9.10. The smallest absolute Gasteiger partial charge is 0.0460 e. The summed E-state index contributed by atoms with van der Waals surface area (Å²) in [5.74, 6) is 1.01. The Balaban J connectivity index is 2.48. The zero-order valence-electron chi connectivity index (χ0n) is 9.39. The van der Waals surface area contributed by atoms with Crippen LogP contribution in [0.2, 0.25) is 5.02 Å². The van der Waals surface area contributed by atoms with E-state index in [1.165, 1.54) is 11.1 Å². The van der Waals surface area contributed by atoms with E-state index < -0.39 is 0 Å². The standard InChI is InChI=1S/C12H15BrClNS/c1-7-3-12(15-2)9-4-8(13)5-11(14)10(9)6-16-7/h4-5,7,12,15H,3,6H2,1-2H3. The van der Waals surface area contributed by atoms with Crippen LogP contribution in [0, 0.1) is 0 Å². The van der Waals surface area contributed by atoms with Crippen LogP contribution in [0.25, 0.3) is 0 Å². The molecule has 4 heteroatoms. The van der Waals surface area contributed by atoms with Gasteiger partial charge in [0.25, 0.3) is 0 Å². The minimum absolute atomic E-state index is 0.412. The Morgan fingerprint density at radius 1 is 1.50 bits per heavy atom. The first-order chi connectivity index (χ1) is 7.61. The summed E-state index contributed by atoms with van der Waals surface area (Å²) in [5, 5.41) is 4.94. The van der Waals surface area contributed by atoms with Crippen LogP contribution >= 0.6 is 39.3 Å². The minimum Gasteiger partial charge on any atom is -0.313 e.